The molecule has 0 atom stereocenters. The largest absolute Gasteiger partial charge is 0.481 e. The minimum Gasteiger partial charge on any atom is -0.481 e. The SMILES string of the molecule is CCO/C1=N/C=C(Br)\C=C/CC1. The van der Waals surface area contributed by atoms with Crippen LogP contribution in [0.3, 0.4) is 0 Å². The molecule has 0 fully saturated rings. The van der Waals surface area contributed by atoms with E-state index in [4.69, 9.17) is 4.74 Å². The van der Waals surface area contributed by atoms with Crippen molar-refractivity contribution in [1.29, 1.82) is 0 Å². The highest BCUT2D eigenvalue weighted by Gasteiger charge is 1.99. The summed E-state index contributed by atoms with van der Waals surface area (Å²) in [6.07, 6.45) is 7.75. The Kier molecular flexibility index (Phi) is 4.08. The van der Waals surface area contributed by atoms with Gasteiger partial charge in [-0.15, -0.1) is 0 Å². The molecule has 0 aromatic heterocycles. The van der Waals surface area contributed by atoms with Crippen molar-refractivity contribution in [2.75, 3.05) is 6.61 Å². The molecule has 0 saturated carbocycles. The van der Waals surface area contributed by atoms with Crippen LogP contribution in [-0.2, 0) is 4.74 Å². The van der Waals surface area contributed by atoms with Crippen LogP contribution in [-0.4, -0.2) is 12.5 Å². The number of nitrogens with zero attached hydrogens (tertiary/aromatic N) is 1. The molecule has 0 radical (unpaired) electrons. The van der Waals surface area contributed by atoms with E-state index >= 15 is 0 Å². The first-order valence-electron chi connectivity index (χ1n) is 4.04. The van der Waals surface area contributed by atoms with Crippen LogP contribution >= 0.6 is 15.9 Å². The molecule has 0 spiro atoms. The second-order valence-corrected chi connectivity index (χ2v) is 3.33. The van der Waals surface area contributed by atoms with E-state index in [1.807, 2.05) is 13.0 Å². The molecule has 1 heterocycles. The zero-order chi connectivity index (χ0) is 8.81. The van der Waals surface area contributed by atoms with Crippen LogP contribution in [0.15, 0.2) is 27.8 Å². The van der Waals surface area contributed by atoms with Crippen LogP contribution in [0.2, 0.25) is 0 Å². The molecule has 1 aliphatic heterocycles. The van der Waals surface area contributed by atoms with Crippen molar-refractivity contribution in [3.63, 3.8) is 0 Å². The summed E-state index contributed by atoms with van der Waals surface area (Å²) in [7, 11) is 0. The Morgan fingerprint density at radius 1 is 1.67 bits per heavy atom. The lowest BCUT2D eigenvalue weighted by Crippen LogP contribution is -2.04. The Balaban J connectivity index is 2.64. The van der Waals surface area contributed by atoms with Gasteiger partial charge in [-0.3, -0.25) is 0 Å². The minimum atomic E-state index is 0.688. The van der Waals surface area contributed by atoms with E-state index in [-0.39, 0.29) is 0 Å². The minimum absolute atomic E-state index is 0.688. The molecule has 0 unspecified atom stereocenters. The van der Waals surface area contributed by atoms with Crippen molar-refractivity contribution in [3.05, 3.63) is 22.8 Å². The zero-order valence-electron chi connectivity index (χ0n) is 7.09. The Morgan fingerprint density at radius 3 is 3.25 bits per heavy atom. The summed E-state index contributed by atoms with van der Waals surface area (Å²) in [5, 5.41) is 0. The smallest absolute Gasteiger partial charge is 0.188 e. The van der Waals surface area contributed by atoms with Crippen molar-refractivity contribution >= 4 is 21.8 Å². The Bertz CT molecular complexity index is 231. The molecule has 0 amide bonds. The summed E-state index contributed by atoms with van der Waals surface area (Å²) in [5.74, 6) is 0.818. The summed E-state index contributed by atoms with van der Waals surface area (Å²) >= 11 is 3.36. The highest BCUT2D eigenvalue weighted by molar-refractivity contribution is 9.11. The van der Waals surface area contributed by atoms with Gasteiger partial charge < -0.3 is 4.74 Å². The maximum Gasteiger partial charge on any atom is 0.188 e. The van der Waals surface area contributed by atoms with E-state index in [1.54, 1.807) is 6.20 Å². The van der Waals surface area contributed by atoms with E-state index in [0.29, 0.717) is 6.61 Å². The molecule has 3 heteroatoms. The molecule has 0 saturated heterocycles. The number of halogens is 1. The van der Waals surface area contributed by atoms with Crippen LogP contribution in [0.1, 0.15) is 19.8 Å². The Hall–Kier alpha value is -0.570. The fourth-order valence-electron chi connectivity index (χ4n) is 0.920. The number of hydrogen-bond acceptors (Lipinski definition) is 2. The first-order chi connectivity index (χ1) is 5.83. The summed E-state index contributed by atoms with van der Waals surface area (Å²) in [6, 6.07) is 0. The first kappa shape index (κ1) is 9.52. The third-order valence-electron chi connectivity index (χ3n) is 1.44. The van der Waals surface area contributed by atoms with Gasteiger partial charge in [0.2, 0.25) is 0 Å². The second-order valence-electron chi connectivity index (χ2n) is 2.41. The van der Waals surface area contributed by atoms with E-state index in [0.717, 1.165) is 23.2 Å². The van der Waals surface area contributed by atoms with Crippen molar-refractivity contribution in [2.45, 2.75) is 19.8 Å². The van der Waals surface area contributed by atoms with Gasteiger partial charge in [0.05, 0.1) is 6.61 Å². The quantitative estimate of drug-likeness (QED) is 0.678. The van der Waals surface area contributed by atoms with E-state index in [9.17, 15) is 0 Å². The maximum atomic E-state index is 5.32. The molecule has 0 aliphatic carbocycles. The molecule has 0 bridgehead atoms. The van der Waals surface area contributed by atoms with E-state index < -0.39 is 0 Å². The van der Waals surface area contributed by atoms with Crippen LogP contribution < -0.4 is 0 Å². The lowest BCUT2D eigenvalue weighted by atomic mass is 10.2. The monoisotopic (exact) mass is 229 g/mol. The predicted molar refractivity (Wildman–Crippen MR) is 54.4 cm³/mol. The topological polar surface area (TPSA) is 21.6 Å². The van der Waals surface area contributed by atoms with E-state index in [1.165, 1.54) is 0 Å². The average Bonchev–Trinajstić information content (AvgIpc) is 2.04. The molecular weight excluding hydrogens is 218 g/mol. The molecule has 1 aliphatic rings. The molecule has 0 aromatic carbocycles. The highest BCUT2D eigenvalue weighted by atomic mass is 79.9. The molecule has 0 aromatic rings. The predicted octanol–water partition coefficient (Wildman–Crippen LogP) is 3.01. The van der Waals surface area contributed by atoms with Gasteiger partial charge in [0.1, 0.15) is 0 Å². The van der Waals surface area contributed by atoms with Crippen molar-refractivity contribution < 1.29 is 4.74 Å². The van der Waals surface area contributed by atoms with Crippen molar-refractivity contribution in [2.24, 2.45) is 4.99 Å². The fourth-order valence-corrected chi connectivity index (χ4v) is 1.21. The second kappa shape index (κ2) is 5.14. The summed E-state index contributed by atoms with van der Waals surface area (Å²) in [6.45, 7) is 2.66. The summed E-state index contributed by atoms with van der Waals surface area (Å²) in [4.78, 5) is 4.19. The number of rotatable bonds is 1. The van der Waals surface area contributed by atoms with E-state index in [2.05, 4.69) is 27.0 Å². The first-order valence-corrected chi connectivity index (χ1v) is 4.84. The normalized spacial score (nSPS) is 28.8. The number of aliphatic imine (C=N–C) groups is 1. The van der Waals surface area contributed by atoms with Gasteiger partial charge in [-0.2, -0.15) is 0 Å². The van der Waals surface area contributed by atoms with Gasteiger partial charge >= 0.3 is 0 Å². The maximum absolute atomic E-state index is 5.32. The zero-order valence-corrected chi connectivity index (χ0v) is 8.67. The van der Waals surface area contributed by atoms with Crippen molar-refractivity contribution in [1.82, 2.24) is 0 Å². The Labute approximate surface area is 81.2 Å². The van der Waals surface area contributed by atoms with Gasteiger partial charge in [-0.1, -0.05) is 12.2 Å². The lowest BCUT2D eigenvalue weighted by molar-refractivity contribution is 0.317. The van der Waals surface area contributed by atoms with Crippen LogP contribution in [0.5, 0.6) is 0 Å². The lowest BCUT2D eigenvalue weighted by Gasteiger charge is -2.05. The average molecular weight is 230 g/mol. The molecule has 12 heavy (non-hydrogen) atoms. The van der Waals surface area contributed by atoms with Gasteiger partial charge in [0.25, 0.3) is 0 Å². The van der Waals surface area contributed by atoms with Crippen LogP contribution in [0.25, 0.3) is 0 Å². The molecule has 1 rings (SSSR count). The summed E-state index contributed by atoms with van der Waals surface area (Å²) in [5.41, 5.74) is 0. The molecular formula is C9H12BrNO. The molecule has 66 valence electrons. The Morgan fingerprint density at radius 2 is 2.50 bits per heavy atom. The number of allylic oxidation sites excluding steroid dienone is 3. The third-order valence-corrected chi connectivity index (χ3v) is 1.91. The molecule has 2 nitrogen and oxygen atoms in total. The number of ether oxygens (including phenoxy) is 1. The third kappa shape index (κ3) is 3.22. The van der Waals surface area contributed by atoms with Gasteiger partial charge in [-0.05, 0) is 29.3 Å². The summed E-state index contributed by atoms with van der Waals surface area (Å²) < 4.78 is 6.30. The van der Waals surface area contributed by atoms with Crippen LogP contribution in [0, 0.1) is 0 Å². The highest BCUT2D eigenvalue weighted by Crippen LogP contribution is 2.11. The fraction of sp³-hybridized carbons (Fsp3) is 0.444. The van der Waals surface area contributed by atoms with Gasteiger partial charge in [-0.25, -0.2) is 4.99 Å². The van der Waals surface area contributed by atoms with Crippen LogP contribution in [0.4, 0.5) is 0 Å². The van der Waals surface area contributed by atoms with Gasteiger partial charge in [0, 0.05) is 17.1 Å². The standard InChI is InChI=1S/C9H12BrNO/c1-2-12-9-6-4-3-5-8(10)7-11-9/h3,5,7H,2,4,6H2,1H3/b5-3-,8-7+,11-9+. The van der Waals surface area contributed by atoms with Gasteiger partial charge in [0.15, 0.2) is 5.90 Å². The number of hydrogen-bond donors (Lipinski definition) is 0. The van der Waals surface area contributed by atoms with Crippen molar-refractivity contribution in [3.8, 4) is 0 Å². The molecule has 0 N–H and O–H groups in total.